The molecular formula is C6H2Cl3K2O3P. The maximum Gasteiger partial charge on any atom is 1.00 e. The van der Waals surface area contributed by atoms with E-state index in [0.717, 1.165) is 12.1 Å². The fraction of sp³-hybridized carbons (Fsp3) is 0. The van der Waals surface area contributed by atoms with Crippen LogP contribution in [0.15, 0.2) is 12.1 Å². The van der Waals surface area contributed by atoms with Gasteiger partial charge in [0.15, 0.2) is 0 Å². The molecule has 3 nitrogen and oxygen atoms in total. The molecule has 0 aromatic heterocycles. The quantitative estimate of drug-likeness (QED) is 0.291. The predicted molar refractivity (Wildman–Crippen MR) is 48.0 cm³/mol. The molecule has 1 aromatic rings. The first-order valence-electron chi connectivity index (χ1n) is 2.99. The van der Waals surface area contributed by atoms with Gasteiger partial charge in [-0.05, 0) is 6.07 Å². The smallest absolute Gasteiger partial charge is 0.683 e. The molecule has 0 radical (unpaired) electrons. The fourth-order valence-corrected chi connectivity index (χ4v) is 2.27. The number of rotatable bonds is 1. The first-order valence-corrected chi connectivity index (χ1v) is 5.67. The average molecular weight is 338 g/mol. The first kappa shape index (κ1) is 21.0. The largest absolute Gasteiger partial charge is 1.00 e. The van der Waals surface area contributed by atoms with Crippen molar-refractivity contribution >= 4 is 48.1 Å². The Morgan fingerprint density at radius 3 is 1.60 bits per heavy atom. The van der Waals surface area contributed by atoms with E-state index < -0.39 is 13.2 Å². The Labute approximate surface area is 188 Å². The third-order valence-electron chi connectivity index (χ3n) is 1.28. The first-order chi connectivity index (χ1) is 5.82. The van der Waals surface area contributed by atoms with Gasteiger partial charge in [-0.3, -0.25) is 0 Å². The van der Waals surface area contributed by atoms with Crippen LogP contribution in [-0.2, 0) is 0 Å². The van der Waals surface area contributed by atoms with Gasteiger partial charge in [-0.2, -0.15) is 0 Å². The molecule has 0 unspecified atom stereocenters. The molecule has 0 aliphatic carbocycles. The van der Waals surface area contributed by atoms with E-state index in [1.54, 1.807) is 0 Å². The van der Waals surface area contributed by atoms with Crippen LogP contribution in [0.2, 0.25) is 15.1 Å². The Hall–Kier alpha value is 3.67. The van der Waals surface area contributed by atoms with Crippen LogP contribution < -0.4 is 123 Å². The predicted octanol–water partition coefficient (Wildman–Crippen LogP) is -5.88. The van der Waals surface area contributed by atoms with E-state index in [0.29, 0.717) is 0 Å². The third kappa shape index (κ3) is 6.59. The van der Waals surface area contributed by atoms with Gasteiger partial charge in [0.2, 0.25) is 0 Å². The van der Waals surface area contributed by atoms with Crippen molar-refractivity contribution in [3.8, 4) is 0 Å². The van der Waals surface area contributed by atoms with Crippen LogP contribution >= 0.6 is 42.7 Å². The average Bonchev–Trinajstić information content (AvgIpc) is 1.94. The van der Waals surface area contributed by atoms with Crippen LogP contribution in [0.1, 0.15) is 0 Å². The molecule has 0 heterocycles. The molecule has 0 saturated carbocycles. The summed E-state index contributed by atoms with van der Waals surface area (Å²) < 4.78 is 0. The Bertz CT molecular complexity index is 345. The van der Waals surface area contributed by atoms with E-state index in [4.69, 9.17) is 34.8 Å². The van der Waals surface area contributed by atoms with Crippen molar-refractivity contribution in [2.75, 3.05) is 0 Å². The van der Waals surface area contributed by atoms with Crippen molar-refractivity contribution in [1.29, 1.82) is 0 Å². The summed E-state index contributed by atoms with van der Waals surface area (Å²) in [5.41, 5.74) is 0. The Kier molecular flexibility index (Phi) is 12.3. The van der Waals surface area contributed by atoms with Crippen LogP contribution in [0.25, 0.3) is 0 Å². The van der Waals surface area contributed by atoms with E-state index in [1.165, 1.54) is 0 Å². The van der Waals surface area contributed by atoms with Gasteiger partial charge in [0, 0.05) is 6.07 Å². The molecule has 0 saturated heterocycles. The van der Waals surface area contributed by atoms with E-state index in [9.17, 15) is 14.7 Å². The standard InChI is InChI=1S/C6H4Cl3O3P.2K/c7-3-1-5(9)6(2-4(3)8)13(10,11)12;;/h1-2H,(H2,10,11,12);;/q;2*+1/p-2. The van der Waals surface area contributed by atoms with Gasteiger partial charge in [0.05, 0.1) is 20.4 Å². The zero-order chi connectivity index (χ0) is 10.2. The molecule has 0 fully saturated rings. The van der Waals surface area contributed by atoms with E-state index >= 15 is 0 Å². The number of benzene rings is 1. The van der Waals surface area contributed by atoms with Crippen LogP contribution in [0, 0.1) is 0 Å². The molecule has 0 atom stereocenters. The summed E-state index contributed by atoms with van der Waals surface area (Å²) in [4.78, 5) is 31.8. The van der Waals surface area contributed by atoms with E-state index in [-0.39, 0.29) is 118 Å². The molecule has 0 aliphatic heterocycles. The number of hydrogen-bond acceptors (Lipinski definition) is 3. The molecule has 0 N–H and O–H groups in total. The van der Waals surface area contributed by atoms with Crippen LogP contribution in [0.3, 0.4) is 0 Å². The van der Waals surface area contributed by atoms with Gasteiger partial charge < -0.3 is 14.7 Å². The SMILES string of the molecule is [K+].[K+].[O-][P+]([O-])([O-])c1cc(Cl)c(Cl)cc1Cl. The maximum absolute atomic E-state index is 10.6. The second-order valence-corrected chi connectivity index (χ2v) is 4.91. The molecule has 0 amide bonds. The topological polar surface area (TPSA) is 69.2 Å². The van der Waals surface area contributed by atoms with Gasteiger partial charge >= 0.3 is 103 Å². The van der Waals surface area contributed by atoms with Gasteiger partial charge in [0.25, 0.3) is 0 Å². The second kappa shape index (κ2) is 8.77. The van der Waals surface area contributed by atoms with E-state index in [1.807, 2.05) is 0 Å². The molecule has 72 valence electrons. The van der Waals surface area contributed by atoms with Crippen LogP contribution in [-0.4, -0.2) is 0 Å². The van der Waals surface area contributed by atoms with Crippen molar-refractivity contribution in [1.82, 2.24) is 0 Å². The summed E-state index contributed by atoms with van der Waals surface area (Å²) in [6.07, 6.45) is 0. The van der Waals surface area contributed by atoms with Crippen LogP contribution in [0.4, 0.5) is 0 Å². The summed E-state index contributed by atoms with van der Waals surface area (Å²) in [5.74, 6) is 0. The minimum atomic E-state index is -4.88. The summed E-state index contributed by atoms with van der Waals surface area (Å²) in [6.45, 7) is 0. The molecule has 0 spiro atoms. The third-order valence-corrected chi connectivity index (χ3v) is 3.41. The minimum Gasteiger partial charge on any atom is -0.683 e. The molecule has 15 heavy (non-hydrogen) atoms. The molecule has 1 aromatic carbocycles. The molecule has 1 rings (SSSR count). The summed E-state index contributed by atoms with van der Waals surface area (Å²) in [6, 6.07) is 2.05. The Balaban J connectivity index is 0. The van der Waals surface area contributed by atoms with Gasteiger partial charge in [-0.25, -0.2) is 0 Å². The van der Waals surface area contributed by atoms with E-state index in [2.05, 4.69) is 0 Å². The molecule has 9 heteroatoms. The minimum absolute atomic E-state index is 0. The van der Waals surface area contributed by atoms with Crippen LogP contribution in [0.5, 0.6) is 0 Å². The summed E-state index contributed by atoms with van der Waals surface area (Å²) >= 11 is 16.5. The zero-order valence-corrected chi connectivity index (χ0v) is 17.4. The normalized spacial score (nSPS) is 10.3. The van der Waals surface area contributed by atoms with Crippen molar-refractivity contribution in [2.45, 2.75) is 0 Å². The summed E-state index contributed by atoms with van der Waals surface area (Å²) in [7, 11) is -4.88. The number of hydrogen-bond donors (Lipinski definition) is 0. The monoisotopic (exact) mass is 336 g/mol. The maximum atomic E-state index is 10.6. The molecule has 0 aliphatic rings. The van der Waals surface area contributed by atoms with Gasteiger partial charge in [0.1, 0.15) is 0 Å². The fourth-order valence-electron chi connectivity index (χ4n) is 0.722. The van der Waals surface area contributed by atoms with Gasteiger partial charge in [-0.1, -0.05) is 34.8 Å². The molecule has 0 bridgehead atoms. The van der Waals surface area contributed by atoms with Crippen molar-refractivity contribution in [3.05, 3.63) is 27.2 Å². The Morgan fingerprint density at radius 1 is 0.800 bits per heavy atom. The second-order valence-electron chi connectivity index (χ2n) is 2.22. The molecular weight excluding hydrogens is 336 g/mol. The van der Waals surface area contributed by atoms with Crippen molar-refractivity contribution in [2.24, 2.45) is 0 Å². The van der Waals surface area contributed by atoms with Crippen molar-refractivity contribution < 1.29 is 117 Å². The Morgan fingerprint density at radius 2 is 1.20 bits per heavy atom. The van der Waals surface area contributed by atoms with Crippen molar-refractivity contribution in [3.63, 3.8) is 0 Å². The zero-order valence-electron chi connectivity index (χ0n) is 7.96. The summed E-state index contributed by atoms with van der Waals surface area (Å²) in [5, 5.41) is -0.678. The van der Waals surface area contributed by atoms with Gasteiger partial charge in [-0.15, -0.1) is 7.94 Å². The number of halogens is 3.